The molecule has 0 spiro atoms. The minimum atomic E-state index is -0.786. The van der Waals surface area contributed by atoms with Gasteiger partial charge in [0.2, 0.25) is 0 Å². The Balaban J connectivity index is 1.47. The van der Waals surface area contributed by atoms with Crippen molar-refractivity contribution >= 4 is 11.6 Å². The van der Waals surface area contributed by atoms with E-state index in [2.05, 4.69) is 10.3 Å². The quantitative estimate of drug-likeness (QED) is 0.524. The minimum Gasteiger partial charge on any atom is -0.489 e. The van der Waals surface area contributed by atoms with Crippen LogP contribution in [0.15, 0.2) is 58.1 Å². The number of H-pyrrole nitrogens is 2. The topological polar surface area (TPSA) is 130 Å². The average molecular weight is 392 g/mol. The Hall–Kier alpha value is -3.81. The van der Waals surface area contributed by atoms with Crippen molar-refractivity contribution in [1.82, 2.24) is 15.3 Å². The number of nitrogen functional groups attached to an aromatic ring is 1. The lowest BCUT2D eigenvalue weighted by molar-refractivity contribution is 0.0932. The molecule has 0 saturated carbocycles. The van der Waals surface area contributed by atoms with E-state index < -0.39 is 17.2 Å². The van der Waals surface area contributed by atoms with Crippen LogP contribution in [0.3, 0.4) is 0 Å². The maximum Gasteiger partial charge on any atom is 0.326 e. The Bertz CT molecular complexity index is 1170. The van der Waals surface area contributed by atoms with Crippen molar-refractivity contribution < 1.29 is 9.53 Å². The van der Waals surface area contributed by atoms with E-state index in [9.17, 15) is 14.4 Å². The number of aromatic nitrogens is 2. The van der Waals surface area contributed by atoms with Crippen molar-refractivity contribution in [3.63, 3.8) is 0 Å². The number of ether oxygens (including phenoxy) is 1. The lowest BCUT2D eigenvalue weighted by Gasteiger charge is -2.15. The molecule has 2 aromatic carbocycles. The summed E-state index contributed by atoms with van der Waals surface area (Å²) in [6.07, 6.45) is 1.49. The number of anilines is 1. The number of carbonyl (C=O) groups is 1. The number of fused-ring (bicyclic) bond motifs is 1. The van der Waals surface area contributed by atoms with Gasteiger partial charge in [-0.2, -0.15) is 0 Å². The highest BCUT2D eigenvalue weighted by molar-refractivity contribution is 5.97. The predicted molar refractivity (Wildman–Crippen MR) is 108 cm³/mol. The first-order chi connectivity index (χ1) is 14.0. The molecule has 1 amide bonds. The maximum atomic E-state index is 12.5. The van der Waals surface area contributed by atoms with Gasteiger partial charge < -0.3 is 20.8 Å². The third-order valence-corrected chi connectivity index (χ3v) is 4.95. The van der Waals surface area contributed by atoms with Crippen LogP contribution in [0.5, 0.6) is 5.75 Å². The minimum absolute atomic E-state index is 0.227. The lowest BCUT2D eigenvalue weighted by atomic mass is 10.1. The summed E-state index contributed by atoms with van der Waals surface area (Å²) in [6.45, 7) is 0.481. The van der Waals surface area contributed by atoms with E-state index >= 15 is 0 Å². The largest absolute Gasteiger partial charge is 0.489 e. The van der Waals surface area contributed by atoms with Crippen molar-refractivity contribution in [3.8, 4) is 5.75 Å². The van der Waals surface area contributed by atoms with Gasteiger partial charge in [-0.15, -0.1) is 0 Å². The number of amides is 1. The van der Waals surface area contributed by atoms with E-state index in [1.165, 1.54) is 0 Å². The highest BCUT2D eigenvalue weighted by Gasteiger charge is 2.26. The zero-order valence-corrected chi connectivity index (χ0v) is 15.5. The second-order valence-corrected chi connectivity index (χ2v) is 6.90. The summed E-state index contributed by atoms with van der Waals surface area (Å²) < 4.78 is 5.86. The fourth-order valence-corrected chi connectivity index (χ4v) is 3.48. The number of nitrogens with one attached hydrogen (secondary N) is 3. The van der Waals surface area contributed by atoms with Crippen molar-refractivity contribution in [1.29, 1.82) is 0 Å². The molecular formula is C21H20N4O4. The molecule has 5 N–H and O–H groups in total. The molecule has 1 aliphatic rings. The molecule has 0 saturated heterocycles. The molecule has 1 heterocycles. The molecule has 4 rings (SSSR count). The van der Waals surface area contributed by atoms with Gasteiger partial charge in [0, 0.05) is 0 Å². The van der Waals surface area contributed by atoms with Gasteiger partial charge in [0.25, 0.3) is 11.5 Å². The summed E-state index contributed by atoms with van der Waals surface area (Å²) in [4.78, 5) is 39.9. The number of nitrogens with two attached hydrogens (primary N) is 1. The Morgan fingerprint density at radius 2 is 1.93 bits per heavy atom. The van der Waals surface area contributed by atoms with E-state index in [1.807, 2.05) is 53.5 Å². The van der Waals surface area contributed by atoms with Gasteiger partial charge in [-0.25, -0.2) is 4.79 Å². The van der Waals surface area contributed by atoms with Gasteiger partial charge in [-0.05, 0) is 41.7 Å². The zero-order valence-electron chi connectivity index (χ0n) is 15.5. The van der Waals surface area contributed by atoms with E-state index in [0.29, 0.717) is 13.0 Å². The van der Waals surface area contributed by atoms with Crippen molar-refractivity contribution in [2.75, 3.05) is 5.73 Å². The molecule has 0 aliphatic heterocycles. The predicted octanol–water partition coefficient (Wildman–Crippen LogP) is 1.64. The summed E-state index contributed by atoms with van der Waals surface area (Å²) in [5.41, 5.74) is 6.69. The smallest absolute Gasteiger partial charge is 0.326 e. The first-order valence-electron chi connectivity index (χ1n) is 9.24. The maximum absolute atomic E-state index is 12.5. The molecule has 3 aromatic rings. The first kappa shape index (κ1) is 18.5. The molecule has 0 bridgehead atoms. The highest BCUT2D eigenvalue weighted by Crippen LogP contribution is 2.34. The third-order valence-electron chi connectivity index (χ3n) is 4.95. The number of aryl methyl sites for hydroxylation is 1. The fourth-order valence-electron chi connectivity index (χ4n) is 3.48. The normalized spacial score (nSPS) is 15.0. The molecule has 8 nitrogen and oxygen atoms in total. The number of carbonyl (C=O) groups excluding carboxylic acids is 1. The monoisotopic (exact) mass is 392 g/mol. The van der Waals surface area contributed by atoms with Crippen LogP contribution in [-0.2, 0) is 13.0 Å². The summed E-state index contributed by atoms with van der Waals surface area (Å²) in [5, 5.41) is 2.84. The summed E-state index contributed by atoms with van der Waals surface area (Å²) in [7, 11) is 0. The van der Waals surface area contributed by atoms with Gasteiger partial charge in [0.1, 0.15) is 23.7 Å². The van der Waals surface area contributed by atoms with Crippen molar-refractivity contribution in [2.45, 2.75) is 25.5 Å². The number of benzene rings is 2. The number of hydrogen-bond acceptors (Lipinski definition) is 5. The van der Waals surface area contributed by atoms with Gasteiger partial charge in [-0.3, -0.25) is 14.6 Å². The van der Waals surface area contributed by atoms with Crippen LogP contribution in [0.2, 0.25) is 0 Å². The Morgan fingerprint density at radius 3 is 2.72 bits per heavy atom. The van der Waals surface area contributed by atoms with Gasteiger partial charge in [0.05, 0.1) is 6.04 Å². The van der Waals surface area contributed by atoms with Crippen LogP contribution in [0.1, 0.15) is 39.6 Å². The average Bonchev–Trinajstić information content (AvgIpc) is 3.11. The highest BCUT2D eigenvalue weighted by atomic mass is 16.5. The molecular weight excluding hydrogens is 372 g/mol. The van der Waals surface area contributed by atoms with E-state index in [-0.39, 0.29) is 17.4 Å². The molecule has 0 fully saturated rings. The van der Waals surface area contributed by atoms with Crippen LogP contribution >= 0.6 is 0 Å². The molecule has 148 valence electrons. The Kier molecular flexibility index (Phi) is 4.90. The molecule has 1 atom stereocenters. The van der Waals surface area contributed by atoms with Crippen molar-refractivity contribution in [2.24, 2.45) is 0 Å². The summed E-state index contributed by atoms with van der Waals surface area (Å²) >= 11 is 0. The van der Waals surface area contributed by atoms with E-state index in [4.69, 9.17) is 10.5 Å². The zero-order chi connectivity index (χ0) is 20.4. The second-order valence-electron chi connectivity index (χ2n) is 6.90. The van der Waals surface area contributed by atoms with Crippen LogP contribution in [-0.4, -0.2) is 15.9 Å². The van der Waals surface area contributed by atoms with E-state index in [0.717, 1.165) is 28.9 Å². The molecule has 29 heavy (non-hydrogen) atoms. The third kappa shape index (κ3) is 3.91. The Labute approximate surface area is 165 Å². The Morgan fingerprint density at radius 1 is 1.14 bits per heavy atom. The summed E-state index contributed by atoms with van der Waals surface area (Å²) in [6, 6.07) is 15.4. The van der Waals surface area contributed by atoms with Crippen LogP contribution in [0, 0.1) is 0 Å². The van der Waals surface area contributed by atoms with Crippen molar-refractivity contribution in [3.05, 3.63) is 91.8 Å². The SMILES string of the molecule is Nc1c(C(=O)NC2CCc3cc(OCc4ccccc4)ccc32)[nH]c(=O)[nH]c1=O. The second kappa shape index (κ2) is 7.67. The van der Waals surface area contributed by atoms with Gasteiger partial charge >= 0.3 is 5.69 Å². The molecule has 1 unspecified atom stereocenters. The molecule has 8 heteroatoms. The van der Waals surface area contributed by atoms with Crippen LogP contribution in [0.25, 0.3) is 0 Å². The standard InChI is InChI=1S/C21H20N4O4/c22-17-18(24-21(28)25-19(17)26)20(27)23-16-9-6-13-10-14(7-8-15(13)16)29-11-12-4-2-1-3-5-12/h1-5,7-8,10,16H,6,9,11,22H2,(H,23,27)(H2,24,25,26,28). The van der Waals surface area contributed by atoms with Gasteiger partial charge in [0.15, 0.2) is 0 Å². The fraction of sp³-hybridized carbons (Fsp3) is 0.190. The van der Waals surface area contributed by atoms with Crippen LogP contribution in [0.4, 0.5) is 5.69 Å². The van der Waals surface area contributed by atoms with Gasteiger partial charge in [-0.1, -0.05) is 36.4 Å². The number of rotatable bonds is 5. The van der Waals surface area contributed by atoms with E-state index in [1.54, 1.807) is 0 Å². The lowest BCUT2D eigenvalue weighted by Crippen LogP contribution is -2.34. The van der Waals surface area contributed by atoms with Crippen LogP contribution < -0.4 is 27.0 Å². The molecule has 1 aliphatic carbocycles. The summed E-state index contributed by atoms with van der Waals surface area (Å²) in [5.74, 6) is 0.177. The first-order valence-corrected chi connectivity index (χ1v) is 9.24. The number of aromatic amines is 2. The number of hydrogen-bond donors (Lipinski definition) is 4. The molecule has 0 radical (unpaired) electrons. The molecule has 1 aromatic heterocycles.